The molecule has 0 saturated heterocycles. The second-order valence-corrected chi connectivity index (χ2v) is 5.04. The molecule has 0 saturated carbocycles. The Balaban J connectivity index is 2.37. The first kappa shape index (κ1) is 15.3. The number of phenols is 1. The van der Waals surface area contributed by atoms with Gasteiger partial charge in [-0.15, -0.1) is 0 Å². The van der Waals surface area contributed by atoms with Crippen LogP contribution in [0.15, 0.2) is 30.3 Å². The van der Waals surface area contributed by atoms with Crippen molar-refractivity contribution < 1.29 is 19.4 Å². The molecule has 0 aliphatic carbocycles. The van der Waals surface area contributed by atoms with E-state index >= 15 is 0 Å². The van der Waals surface area contributed by atoms with Crippen LogP contribution in [-0.4, -0.2) is 22.9 Å². The predicted octanol–water partition coefficient (Wildman–Crippen LogP) is 3.88. The van der Waals surface area contributed by atoms with Crippen molar-refractivity contribution >= 4 is 33.6 Å². The second kappa shape index (κ2) is 6.59. The van der Waals surface area contributed by atoms with Crippen LogP contribution in [0.25, 0.3) is 10.8 Å². The Bertz CT molecular complexity index is 694. The first-order chi connectivity index (χ1) is 10.0. The van der Waals surface area contributed by atoms with Gasteiger partial charge in [-0.3, -0.25) is 4.79 Å². The van der Waals surface area contributed by atoms with Gasteiger partial charge in [0.15, 0.2) is 0 Å². The number of esters is 1. The maximum absolute atomic E-state index is 11.9. The molecule has 0 aliphatic rings. The first-order valence-corrected chi connectivity index (χ1v) is 7.04. The van der Waals surface area contributed by atoms with Crippen LogP contribution in [0.2, 0.25) is 0 Å². The summed E-state index contributed by atoms with van der Waals surface area (Å²) in [6.45, 7) is 2.30. The number of rotatable bonds is 5. The fourth-order valence-electron chi connectivity index (χ4n) is 1.96. The van der Waals surface area contributed by atoms with Crippen LogP contribution >= 0.6 is 11.6 Å². The van der Waals surface area contributed by atoms with Gasteiger partial charge in [0.1, 0.15) is 11.3 Å². The van der Waals surface area contributed by atoms with Crippen molar-refractivity contribution in [2.75, 3.05) is 6.61 Å². The van der Waals surface area contributed by atoms with Crippen LogP contribution in [0.5, 0.6) is 5.75 Å². The third-order valence-corrected chi connectivity index (χ3v) is 3.35. The van der Waals surface area contributed by atoms with E-state index in [1.807, 2.05) is 6.92 Å². The van der Waals surface area contributed by atoms with Gasteiger partial charge in [-0.2, -0.15) is 0 Å². The minimum Gasteiger partial charge on any atom is -0.507 e. The molecule has 0 spiro atoms. The lowest BCUT2D eigenvalue weighted by molar-refractivity contribution is 0.0496. The molecule has 0 bridgehead atoms. The Morgan fingerprint density at radius 1 is 1.19 bits per heavy atom. The van der Waals surface area contributed by atoms with E-state index in [4.69, 9.17) is 16.3 Å². The minimum atomic E-state index is -0.578. The molecular formula is C16H15ClO4. The Morgan fingerprint density at radius 2 is 1.95 bits per heavy atom. The average molecular weight is 307 g/mol. The zero-order valence-corrected chi connectivity index (χ0v) is 12.3. The summed E-state index contributed by atoms with van der Waals surface area (Å²) in [7, 11) is 0. The van der Waals surface area contributed by atoms with E-state index in [0.29, 0.717) is 22.9 Å². The molecule has 0 radical (unpaired) electrons. The van der Waals surface area contributed by atoms with Crippen LogP contribution in [0.3, 0.4) is 0 Å². The monoisotopic (exact) mass is 306 g/mol. The summed E-state index contributed by atoms with van der Waals surface area (Å²) in [5.74, 6) is -0.723. The smallest absolute Gasteiger partial charge is 0.341 e. The zero-order chi connectivity index (χ0) is 15.4. The van der Waals surface area contributed by atoms with Gasteiger partial charge in [0.05, 0.1) is 6.61 Å². The second-order valence-electron chi connectivity index (χ2n) is 4.69. The predicted molar refractivity (Wildman–Crippen MR) is 81.0 cm³/mol. The maximum atomic E-state index is 11.9. The summed E-state index contributed by atoms with van der Waals surface area (Å²) in [5.41, 5.74) is 0.415. The molecule has 2 rings (SSSR count). The SMILES string of the molecule is CCCCOC(=O)c1cc2cc(C(=O)Cl)ccc2cc1O. The largest absolute Gasteiger partial charge is 0.507 e. The van der Waals surface area contributed by atoms with Gasteiger partial charge in [-0.1, -0.05) is 19.4 Å². The van der Waals surface area contributed by atoms with E-state index in [2.05, 4.69) is 0 Å². The number of phenolic OH excluding ortho intramolecular Hbond substituents is 1. The third kappa shape index (κ3) is 3.52. The van der Waals surface area contributed by atoms with Gasteiger partial charge < -0.3 is 9.84 Å². The van der Waals surface area contributed by atoms with Crippen LogP contribution in [0, 0.1) is 0 Å². The number of ether oxygens (including phenoxy) is 1. The van der Waals surface area contributed by atoms with Gasteiger partial charge in [0, 0.05) is 5.56 Å². The molecule has 0 heterocycles. The lowest BCUT2D eigenvalue weighted by atomic mass is 10.0. The van der Waals surface area contributed by atoms with Crippen LogP contribution in [-0.2, 0) is 4.74 Å². The Labute approximate surface area is 127 Å². The number of benzene rings is 2. The van der Waals surface area contributed by atoms with E-state index in [9.17, 15) is 14.7 Å². The summed E-state index contributed by atoms with van der Waals surface area (Å²) in [5, 5.41) is 10.7. The van der Waals surface area contributed by atoms with Crippen molar-refractivity contribution in [3.05, 3.63) is 41.5 Å². The average Bonchev–Trinajstić information content (AvgIpc) is 2.46. The Morgan fingerprint density at radius 3 is 2.62 bits per heavy atom. The molecule has 5 heteroatoms. The standard InChI is InChI=1S/C16H15ClO4/c1-2-3-6-21-16(20)13-8-12-7-11(15(17)19)5-4-10(12)9-14(13)18/h4-5,7-9,18H,2-3,6H2,1H3. The molecule has 0 aliphatic heterocycles. The third-order valence-electron chi connectivity index (χ3n) is 3.13. The molecule has 0 unspecified atom stereocenters. The van der Waals surface area contributed by atoms with Crippen molar-refractivity contribution in [1.29, 1.82) is 0 Å². The maximum Gasteiger partial charge on any atom is 0.341 e. The molecule has 21 heavy (non-hydrogen) atoms. The van der Waals surface area contributed by atoms with Crippen molar-refractivity contribution in [1.82, 2.24) is 0 Å². The fraction of sp³-hybridized carbons (Fsp3) is 0.250. The van der Waals surface area contributed by atoms with Crippen LogP contribution < -0.4 is 0 Å². The zero-order valence-electron chi connectivity index (χ0n) is 11.6. The van der Waals surface area contributed by atoms with Gasteiger partial charge in [0.2, 0.25) is 0 Å². The number of aromatic hydroxyl groups is 1. The van der Waals surface area contributed by atoms with Gasteiger partial charge in [0.25, 0.3) is 5.24 Å². The van der Waals surface area contributed by atoms with Crippen molar-refractivity contribution in [2.45, 2.75) is 19.8 Å². The Kier molecular flexibility index (Phi) is 4.81. The van der Waals surface area contributed by atoms with Crippen molar-refractivity contribution in [3.8, 4) is 5.75 Å². The molecule has 0 atom stereocenters. The molecule has 0 aromatic heterocycles. The number of hydrogen-bond donors (Lipinski definition) is 1. The highest BCUT2D eigenvalue weighted by molar-refractivity contribution is 6.67. The minimum absolute atomic E-state index is 0.0813. The lowest BCUT2D eigenvalue weighted by Crippen LogP contribution is -2.06. The summed E-state index contributed by atoms with van der Waals surface area (Å²) in [4.78, 5) is 23.1. The first-order valence-electron chi connectivity index (χ1n) is 6.66. The van der Waals surface area contributed by atoms with Crippen molar-refractivity contribution in [2.24, 2.45) is 0 Å². The van der Waals surface area contributed by atoms with E-state index < -0.39 is 11.2 Å². The summed E-state index contributed by atoms with van der Waals surface area (Å²) in [6.07, 6.45) is 1.68. The topological polar surface area (TPSA) is 63.6 Å². The molecular weight excluding hydrogens is 292 g/mol. The van der Waals surface area contributed by atoms with E-state index in [1.165, 1.54) is 12.1 Å². The highest BCUT2D eigenvalue weighted by Crippen LogP contribution is 2.27. The molecule has 0 fully saturated rings. The number of halogens is 1. The number of carbonyl (C=O) groups is 2. The summed E-state index contributed by atoms with van der Waals surface area (Å²) >= 11 is 5.44. The number of unbranched alkanes of at least 4 members (excludes halogenated alkanes) is 1. The normalized spacial score (nSPS) is 10.6. The fourth-order valence-corrected chi connectivity index (χ4v) is 2.08. The number of carbonyl (C=O) groups excluding carboxylic acids is 2. The van der Waals surface area contributed by atoms with Gasteiger partial charge in [-0.05, 0) is 53.1 Å². The van der Waals surface area contributed by atoms with E-state index in [0.717, 1.165) is 12.8 Å². The van der Waals surface area contributed by atoms with Gasteiger partial charge in [-0.25, -0.2) is 4.79 Å². The van der Waals surface area contributed by atoms with Crippen molar-refractivity contribution in [3.63, 3.8) is 0 Å². The Hall–Kier alpha value is -2.07. The molecule has 0 amide bonds. The molecule has 1 N–H and O–H groups in total. The number of fused-ring (bicyclic) bond motifs is 1. The van der Waals surface area contributed by atoms with Gasteiger partial charge >= 0.3 is 5.97 Å². The van der Waals surface area contributed by atoms with Crippen LogP contribution in [0.1, 0.15) is 40.5 Å². The molecule has 2 aromatic carbocycles. The van der Waals surface area contributed by atoms with E-state index in [-0.39, 0.29) is 11.3 Å². The summed E-state index contributed by atoms with van der Waals surface area (Å²) < 4.78 is 5.08. The van der Waals surface area contributed by atoms with Crippen LogP contribution in [0.4, 0.5) is 0 Å². The summed E-state index contributed by atoms with van der Waals surface area (Å²) in [6, 6.07) is 7.77. The molecule has 4 nitrogen and oxygen atoms in total. The lowest BCUT2D eigenvalue weighted by Gasteiger charge is -2.08. The van der Waals surface area contributed by atoms with E-state index in [1.54, 1.807) is 18.2 Å². The molecule has 2 aromatic rings. The molecule has 110 valence electrons. The number of hydrogen-bond acceptors (Lipinski definition) is 4. The quantitative estimate of drug-likeness (QED) is 0.517. The highest BCUT2D eigenvalue weighted by atomic mass is 35.5. The highest BCUT2D eigenvalue weighted by Gasteiger charge is 2.14.